The van der Waals surface area contributed by atoms with Crippen LogP contribution in [0.4, 0.5) is 11.4 Å². The molecule has 44 heavy (non-hydrogen) atoms. The van der Waals surface area contributed by atoms with E-state index < -0.39 is 0 Å². The van der Waals surface area contributed by atoms with Crippen molar-refractivity contribution in [2.75, 3.05) is 23.8 Å². The van der Waals surface area contributed by atoms with Crippen LogP contribution in [-0.4, -0.2) is 30.3 Å². The topological polar surface area (TPSA) is 78.7 Å². The lowest BCUT2D eigenvalue weighted by Gasteiger charge is -2.24. The molecular weight excluding hydrogens is 565 g/mol. The van der Waals surface area contributed by atoms with Crippen molar-refractivity contribution in [1.29, 1.82) is 0 Å². The number of carbonyl (C=O) groups excluding carboxylic acids is 2. The number of anilines is 2. The first-order valence-corrected chi connectivity index (χ1v) is 16.7. The van der Waals surface area contributed by atoms with Gasteiger partial charge in [0.15, 0.2) is 0 Å². The second-order valence-corrected chi connectivity index (χ2v) is 12.8. The monoisotopic (exact) mass is 608 g/mol. The smallest absolute Gasteiger partial charge is 0.264 e. The van der Waals surface area contributed by atoms with Crippen LogP contribution >= 0.6 is 11.3 Å². The largest absolute Gasteiger partial charge is 0.373 e. The molecule has 0 atom stereocenters. The number of hydrogen-bond donors (Lipinski definition) is 2. The predicted molar refractivity (Wildman–Crippen MR) is 183 cm³/mol. The second-order valence-electron chi connectivity index (χ2n) is 11.8. The Bertz CT molecular complexity index is 1540. The van der Waals surface area contributed by atoms with E-state index in [0.29, 0.717) is 19.6 Å². The highest BCUT2D eigenvalue weighted by Gasteiger charge is 2.24. The number of thiophene rings is 1. The average molecular weight is 609 g/mol. The van der Waals surface area contributed by atoms with Crippen LogP contribution in [0.25, 0.3) is 11.1 Å². The average Bonchev–Trinajstić information content (AvgIpc) is 3.79. The van der Waals surface area contributed by atoms with Crippen LogP contribution in [0.1, 0.15) is 71.8 Å². The highest BCUT2D eigenvalue weighted by molar-refractivity contribution is 7.12. The molecular formula is C37H44N4O2S. The number of hydrogen-bond acceptors (Lipinski definition) is 5. The normalized spacial score (nSPS) is 13.2. The van der Waals surface area contributed by atoms with Gasteiger partial charge in [0.05, 0.1) is 16.3 Å². The lowest BCUT2D eigenvalue weighted by Crippen LogP contribution is -2.29. The summed E-state index contributed by atoms with van der Waals surface area (Å²) in [6, 6.07) is 26.7. The first-order chi connectivity index (χ1) is 21.4. The van der Waals surface area contributed by atoms with Gasteiger partial charge in [0.25, 0.3) is 5.91 Å². The van der Waals surface area contributed by atoms with Gasteiger partial charge in [0.1, 0.15) is 0 Å². The van der Waals surface area contributed by atoms with Crippen LogP contribution < -0.4 is 16.0 Å². The summed E-state index contributed by atoms with van der Waals surface area (Å²) in [7, 11) is 2.10. The number of nitrogens with two attached hydrogens (primary N) is 1. The lowest BCUT2D eigenvalue weighted by molar-refractivity contribution is -0.119. The third-order valence-electron chi connectivity index (χ3n) is 8.49. The van der Waals surface area contributed by atoms with Gasteiger partial charge in [-0.1, -0.05) is 80.8 Å². The van der Waals surface area contributed by atoms with Gasteiger partial charge in [0, 0.05) is 39.1 Å². The standard InChI is InChI=1S/C37H44N4O2S/c1-3-4-19-40(2)34-18-17-32(23-33(34)39-36(42)30-13-5-6-14-30)31-15-8-12-29(22-31)26-41(37(43)35-16-9-20-44-35)25-28-11-7-10-27(21-28)24-38/h7-12,15-18,20-23,30H,3-6,13-14,19,24-26,38H2,1-2H3,(H,39,42). The Kier molecular flexibility index (Phi) is 10.9. The summed E-state index contributed by atoms with van der Waals surface area (Å²) < 4.78 is 0. The molecule has 2 amide bonds. The Morgan fingerprint density at radius 1 is 0.886 bits per heavy atom. The van der Waals surface area contributed by atoms with Crippen LogP contribution in [0.2, 0.25) is 0 Å². The molecule has 1 aliphatic rings. The highest BCUT2D eigenvalue weighted by atomic mass is 32.1. The van der Waals surface area contributed by atoms with Crippen molar-refractivity contribution < 1.29 is 9.59 Å². The molecule has 7 heteroatoms. The van der Waals surface area contributed by atoms with Gasteiger partial charge >= 0.3 is 0 Å². The summed E-state index contributed by atoms with van der Waals surface area (Å²) in [5.41, 5.74) is 13.0. The number of nitrogens with one attached hydrogen (secondary N) is 1. The number of carbonyl (C=O) groups is 2. The zero-order valence-electron chi connectivity index (χ0n) is 25.9. The Morgan fingerprint density at radius 3 is 2.30 bits per heavy atom. The molecule has 0 unspecified atom stereocenters. The Balaban J connectivity index is 1.42. The minimum atomic E-state index is 0.0138. The number of amides is 2. The molecule has 0 spiro atoms. The maximum absolute atomic E-state index is 13.6. The summed E-state index contributed by atoms with van der Waals surface area (Å²) in [5.74, 6) is 0.230. The van der Waals surface area contributed by atoms with Crippen molar-refractivity contribution in [3.05, 3.63) is 106 Å². The van der Waals surface area contributed by atoms with Crippen LogP contribution in [0.5, 0.6) is 0 Å². The van der Waals surface area contributed by atoms with E-state index >= 15 is 0 Å². The minimum absolute atomic E-state index is 0.0138. The summed E-state index contributed by atoms with van der Waals surface area (Å²) in [5, 5.41) is 5.23. The molecule has 0 saturated heterocycles. The summed E-state index contributed by atoms with van der Waals surface area (Å²) in [6.45, 7) is 4.55. The molecule has 3 N–H and O–H groups in total. The van der Waals surface area contributed by atoms with E-state index in [2.05, 4.69) is 66.7 Å². The third-order valence-corrected chi connectivity index (χ3v) is 9.35. The van der Waals surface area contributed by atoms with Gasteiger partial charge in [-0.3, -0.25) is 9.59 Å². The van der Waals surface area contributed by atoms with Crippen molar-refractivity contribution in [2.24, 2.45) is 11.7 Å². The van der Waals surface area contributed by atoms with Gasteiger partial charge in [-0.2, -0.15) is 0 Å². The van der Waals surface area contributed by atoms with Gasteiger partial charge in [0.2, 0.25) is 5.91 Å². The van der Waals surface area contributed by atoms with Crippen molar-refractivity contribution in [3.63, 3.8) is 0 Å². The second kappa shape index (κ2) is 15.2. The fourth-order valence-corrected chi connectivity index (χ4v) is 6.68. The molecule has 4 aromatic rings. The lowest BCUT2D eigenvalue weighted by atomic mass is 10.0. The molecule has 6 nitrogen and oxygen atoms in total. The molecule has 1 saturated carbocycles. The third kappa shape index (κ3) is 7.96. The molecule has 5 rings (SSSR count). The molecule has 3 aromatic carbocycles. The SMILES string of the molecule is CCCCN(C)c1ccc(-c2cccc(CN(Cc3cccc(CN)c3)C(=O)c3cccs3)c2)cc1NC(=O)C1CCCC1. The summed E-state index contributed by atoms with van der Waals surface area (Å²) in [4.78, 5) is 31.7. The maximum atomic E-state index is 13.6. The van der Waals surface area contributed by atoms with Crippen LogP contribution in [0.15, 0.2) is 84.2 Å². The van der Waals surface area contributed by atoms with E-state index in [1.54, 1.807) is 0 Å². The summed E-state index contributed by atoms with van der Waals surface area (Å²) >= 11 is 1.46. The van der Waals surface area contributed by atoms with Crippen LogP contribution in [0.3, 0.4) is 0 Å². The zero-order valence-corrected chi connectivity index (χ0v) is 26.7. The molecule has 1 fully saturated rings. The predicted octanol–water partition coefficient (Wildman–Crippen LogP) is 8.08. The highest BCUT2D eigenvalue weighted by Crippen LogP contribution is 2.34. The first-order valence-electron chi connectivity index (χ1n) is 15.8. The molecule has 0 radical (unpaired) electrons. The molecule has 0 bridgehead atoms. The van der Waals surface area contributed by atoms with E-state index in [1.807, 2.05) is 46.7 Å². The van der Waals surface area contributed by atoms with E-state index in [9.17, 15) is 9.59 Å². The number of unbranched alkanes of at least 4 members (excludes halogenated alkanes) is 1. The van der Waals surface area contributed by atoms with Gasteiger partial charge in [-0.25, -0.2) is 0 Å². The fourth-order valence-electron chi connectivity index (χ4n) is 5.99. The number of benzene rings is 3. The van der Waals surface area contributed by atoms with E-state index in [4.69, 9.17) is 5.73 Å². The van der Waals surface area contributed by atoms with E-state index in [1.165, 1.54) is 11.3 Å². The fraction of sp³-hybridized carbons (Fsp3) is 0.351. The molecule has 1 aliphatic carbocycles. The Hall–Kier alpha value is -3.94. The van der Waals surface area contributed by atoms with Crippen molar-refractivity contribution in [2.45, 2.75) is 65.1 Å². The Labute approximate surface area is 265 Å². The quantitative estimate of drug-likeness (QED) is 0.161. The molecule has 0 aliphatic heterocycles. The van der Waals surface area contributed by atoms with E-state index in [0.717, 1.165) is 89.1 Å². The first kappa shape index (κ1) is 31.5. The zero-order chi connectivity index (χ0) is 30.9. The molecule has 1 heterocycles. The van der Waals surface area contributed by atoms with Gasteiger partial charge in [-0.15, -0.1) is 11.3 Å². The van der Waals surface area contributed by atoms with Gasteiger partial charge < -0.3 is 20.9 Å². The van der Waals surface area contributed by atoms with Crippen molar-refractivity contribution in [3.8, 4) is 11.1 Å². The van der Waals surface area contributed by atoms with Crippen LogP contribution in [-0.2, 0) is 24.4 Å². The Morgan fingerprint density at radius 2 is 1.59 bits per heavy atom. The van der Waals surface area contributed by atoms with Crippen molar-refractivity contribution in [1.82, 2.24) is 4.90 Å². The maximum Gasteiger partial charge on any atom is 0.264 e. The minimum Gasteiger partial charge on any atom is -0.373 e. The number of rotatable bonds is 13. The number of nitrogens with zero attached hydrogens (tertiary/aromatic N) is 2. The van der Waals surface area contributed by atoms with Crippen molar-refractivity contribution >= 4 is 34.5 Å². The van der Waals surface area contributed by atoms with E-state index in [-0.39, 0.29) is 17.7 Å². The summed E-state index contributed by atoms with van der Waals surface area (Å²) in [6.07, 6.45) is 6.38. The van der Waals surface area contributed by atoms with Gasteiger partial charge in [-0.05, 0) is 76.7 Å². The molecule has 1 aromatic heterocycles. The molecule has 230 valence electrons. The van der Waals surface area contributed by atoms with Crippen LogP contribution in [0, 0.1) is 5.92 Å².